The van der Waals surface area contributed by atoms with Gasteiger partial charge in [0.2, 0.25) is 0 Å². The SMILES string of the molecule is COc1cccc(COc2cccc3c(OC)cc(-c4ncccn4)nc23)c1. The molecule has 0 radical (unpaired) electrons. The molecule has 140 valence electrons. The van der Waals surface area contributed by atoms with Crippen LogP contribution in [0, 0.1) is 0 Å². The fourth-order valence-electron chi connectivity index (χ4n) is 2.95. The first-order valence-electron chi connectivity index (χ1n) is 8.79. The summed E-state index contributed by atoms with van der Waals surface area (Å²) in [5.41, 5.74) is 2.33. The molecule has 0 unspecified atom stereocenters. The van der Waals surface area contributed by atoms with Gasteiger partial charge in [0, 0.05) is 23.8 Å². The van der Waals surface area contributed by atoms with Crippen LogP contribution in [0.15, 0.2) is 67.0 Å². The van der Waals surface area contributed by atoms with Crippen LogP contribution in [-0.2, 0) is 6.61 Å². The van der Waals surface area contributed by atoms with Crippen molar-refractivity contribution in [3.8, 4) is 28.8 Å². The van der Waals surface area contributed by atoms with Gasteiger partial charge in [0.15, 0.2) is 5.82 Å². The molecule has 2 aromatic carbocycles. The number of benzene rings is 2. The molecule has 2 aromatic heterocycles. The molecule has 0 aliphatic carbocycles. The number of methoxy groups -OCH3 is 2. The average Bonchev–Trinajstić information content (AvgIpc) is 2.77. The first kappa shape index (κ1) is 17.7. The topological polar surface area (TPSA) is 66.4 Å². The Bertz CT molecular complexity index is 1100. The van der Waals surface area contributed by atoms with Gasteiger partial charge in [-0.05, 0) is 35.9 Å². The molecule has 2 heterocycles. The minimum absolute atomic E-state index is 0.395. The van der Waals surface area contributed by atoms with Gasteiger partial charge in [-0.15, -0.1) is 0 Å². The molecule has 0 spiro atoms. The van der Waals surface area contributed by atoms with Crippen molar-refractivity contribution in [2.24, 2.45) is 0 Å². The van der Waals surface area contributed by atoms with Crippen LogP contribution in [0.1, 0.15) is 5.56 Å². The van der Waals surface area contributed by atoms with Crippen LogP contribution in [-0.4, -0.2) is 29.2 Å². The quantitative estimate of drug-likeness (QED) is 0.502. The van der Waals surface area contributed by atoms with Gasteiger partial charge >= 0.3 is 0 Å². The second-order valence-electron chi connectivity index (χ2n) is 6.07. The molecular weight excluding hydrogens is 354 g/mol. The molecule has 6 heteroatoms. The van der Waals surface area contributed by atoms with Crippen molar-refractivity contribution in [2.45, 2.75) is 6.61 Å². The number of hydrogen-bond donors (Lipinski definition) is 0. The third-order valence-corrected chi connectivity index (χ3v) is 4.31. The zero-order valence-electron chi connectivity index (χ0n) is 15.6. The van der Waals surface area contributed by atoms with Gasteiger partial charge in [0.05, 0.1) is 14.2 Å². The number of fused-ring (bicyclic) bond motifs is 1. The lowest BCUT2D eigenvalue weighted by molar-refractivity contribution is 0.308. The van der Waals surface area contributed by atoms with E-state index in [9.17, 15) is 0 Å². The molecule has 0 atom stereocenters. The molecule has 0 N–H and O–H groups in total. The second-order valence-corrected chi connectivity index (χ2v) is 6.07. The number of ether oxygens (including phenoxy) is 3. The van der Waals surface area contributed by atoms with Crippen molar-refractivity contribution in [1.82, 2.24) is 15.0 Å². The highest BCUT2D eigenvalue weighted by molar-refractivity contribution is 5.91. The van der Waals surface area contributed by atoms with E-state index in [1.807, 2.05) is 48.5 Å². The lowest BCUT2D eigenvalue weighted by atomic mass is 10.1. The standard InChI is InChI=1S/C22H19N3O3/c1-26-16-7-3-6-15(12-16)14-28-19-9-4-8-17-20(27-2)13-18(25-21(17)19)22-23-10-5-11-24-22/h3-13H,14H2,1-2H3. The van der Waals surface area contributed by atoms with Gasteiger partial charge in [-0.25, -0.2) is 15.0 Å². The lowest BCUT2D eigenvalue weighted by Gasteiger charge is -2.13. The smallest absolute Gasteiger partial charge is 0.178 e. The molecular formula is C22H19N3O3. The van der Waals surface area contributed by atoms with E-state index < -0.39 is 0 Å². The minimum Gasteiger partial charge on any atom is -0.497 e. The Morgan fingerprint density at radius 3 is 2.43 bits per heavy atom. The number of aromatic nitrogens is 3. The zero-order chi connectivity index (χ0) is 19.3. The monoisotopic (exact) mass is 373 g/mol. The summed E-state index contributed by atoms with van der Waals surface area (Å²) in [6, 6.07) is 17.2. The van der Waals surface area contributed by atoms with Crippen molar-refractivity contribution < 1.29 is 14.2 Å². The Kier molecular flexibility index (Phi) is 5.01. The number of para-hydroxylation sites is 1. The number of rotatable bonds is 6. The maximum atomic E-state index is 6.08. The van der Waals surface area contributed by atoms with E-state index in [-0.39, 0.29) is 0 Å². The molecule has 0 amide bonds. The van der Waals surface area contributed by atoms with Crippen LogP contribution in [0.3, 0.4) is 0 Å². The van der Waals surface area contributed by atoms with Crippen LogP contribution in [0.4, 0.5) is 0 Å². The fourth-order valence-corrected chi connectivity index (χ4v) is 2.95. The molecule has 0 saturated heterocycles. The predicted octanol–water partition coefficient (Wildman–Crippen LogP) is 4.29. The molecule has 0 saturated carbocycles. The van der Waals surface area contributed by atoms with E-state index in [1.165, 1.54) is 0 Å². The second kappa shape index (κ2) is 7.92. The van der Waals surface area contributed by atoms with E-state index in [2.05, 4.69) is 9.97 Å². The summed E-state index contributed by atoms with van der Waals surface area (Å²) in [5.74, 6) is 2.68. The largest absolute Gasteiger partial charge is 0.497 e. The van der Waals surface area contributed by atoms with E-state index in [0.717, 1.165) is 16.7 Å². The molecule has 0 bridgehead atoms. The summed E-state index contributed by atoms with van der Waals surface area (Å²) >= 11 is 0. The molecule has 0 fully saturated rings. The lowest BCUT2D eigenvalue weighted by Crippen LogP contribution is -1.99. The van der Waals surface area contributed by atoms with Gasteiger partial charge in [-0.1, -0.05) is 18.2 Å². The molecule has 0 aliphatic rings. The number of pyridine rings is 1. The average molecular weight is 373 g/mol. The summed E-state index contributed by atoms with van der Waals surface area (Å²) in [7, 11) is 3.28. The summed E-state index contributed by atoms with van der Waals surface area (Å²) in [6.07, 6.45) is 3.37. The third-order valence-electron chi connectivity index (χ3n) is 4.31. The highest BCUT2D eigenvalue weighted by Crippen LogP contribution is 2.34. The normalized spacial score (nSPS) is 10.6. The van der Waals surface area contributed by atoms with Crippen molar-refractivity contribution in [2.75, 3.05) is 14.2 Å². The Balaban J connectivity index is 1.73. The van der Waals surface area contributed by atoms with Gasteiger partial charge in [0.25, 0.3) is 0 Å². The number of nitrogens with zero attached hydrogens (tertiary/aromatic N) is 3. The Morgan fingerprint density at radius 2 is 1.64 bits per heavy atom. The highest BCUT2D eigenvalue weighted by Gasteiger charge is 2.13. The summed E-state index contributed by atoms with van der Waals surface area (Å²) < 4.78 is 16.9. The predicted molar refractivity (Wildman–Crippen MR) is 107 cm³/mol. The Labute approximate surface area is 162 Å². The molecule has 6 nitrogen and oxygen atoms in total. The molecule has 0 aliphatic heterocycles. The van der Waals surface area contributed by atoms with Gasteiger partial charge in [-0.2, -0.15) is 0 Å². The summed E-state index contributed by atoms with van der Waals surface area (Å²) in [5, 5.41) is 0.866. The highest BCUT2D eigenvalue weighted by atomic mass is 16.5. The summed E-state index contributed by atoms with van der Waals surface area (Å²) in [4.78, 5) is 13.3. The van der Waals surface area contributed by atoms with E-state index in [4.69, 9.17) is 19.2 Å². The van der Waals surface area contributed by atoms with Gasteiger partial charge in [-0.3, -0.25) is 0 Å². The fraction of sp³-hybridized carbons (Fsp3) is 0.136. The molecule has 28 heavy (non-hydrogen) atoms. The van der Waals surface area contributed by atoms with Crippen molar-refractivity contribution in [3.63, 3.8) is 0 Å². The zero-order valence-corrected chi connectivity index (χ0v) is 15.6. The van der Waals surface area contributed by atoms with E-state index in [0.29, 0.717) is 35.1 Å². The Morgan fingerprint density at radius 1 is 0.821 bits per heavy atom. The first-order chi connectivity index (χ1) is 13.8. The molecule has 4 rings (SSSR count). The van der Waals surface area contributed by atoms with Crippen molar-refractivity contribution in [1.29, 1.82) is 0 Å². The van der Waals surface area contributed by atoms with Crippen LogP contribution in [0.25, 0.3) is 22.4 Å². The van der Waals surface area contributed by atoms with Crippen LogP contribution >= 0.6 is 0 Å². The van der Waals surface area contributed by atoms with Crippen LogP contribution < -0.4 is 14.2 Å². The van der Waals surface area contributed by atoms with Gasteiger partial charge in [0.1, 0.15) is 35.1 Å². The van der Waals surface area contributed by atoms with E-state index in [1.54, 1.807) is 32.7 Å². The maximum Gasteiger partial charge on any atom is 0.178 e. The van der Waals surface area contributed by atoms with Crippen LogP contribution in [0.2, 0.25) is 0 Å². The number of hydrogen-bond acceptors (Lipinski definition) is 6. The molecule has 4 aromatic rings. The first-order valence-corrected chi connectivity index (χ1v) is 8.79. The van der Waals surface area contributed by atoms with Crippen LogP contribution in [0.5, 0.6) is 17.2 Å². The summed E-state index contributed by atoms with van der Waals surface area (Å²) in [6.45, 7) is 0.395. The van der Waals surface area contributed by atoms with Crippen molar-refractivity contribution in [3.05, 3.63) is 72.6 Å². The third kappa shape index (κ3) is 3.57. The van der Waals surface area contributed by atoms with Crippen molar-refractivity contribution >= 4 is 10.9 Å². The Hall–Kier alpha value is -3.67. The van der Waals surface area contributed by atoms with E-state index >= 15 is 0 Å². The maximum absolute atomic E-state index is 6.08. The minimum atomic E-state index is 0.395. The van der Waals surface area contributed by atoms with Gasteiger partial charge < -0.3 is 14.2 Å².